The molecule has 1 fully saturated rings. The Balaban J connectivity index is 2.40. The van der Waals surface area contributed by atoms with E-state index < -0.39 is 10.0 Å². The Morgan fingerprint density at radius 3 is 2.70 bits per heavy atom. The lowest BCUT2D eigenvalue weighted by Gasteiger charge is -2.37. The van der Waals surface area contributed by atoms with E-state index in [0.717, 1.165) is 0 Å². The van der Waals surface area contributed by atoms with Gasteiger partial charge in [-0.05, 0) is 44.5 Å². The van der Waals surface area contributed by atoms with Crippen molar-refractivity contribution in [1.82, 2.24) is 9.62 Å². The molecule has 1 aromatic rings. The number of nitrogens with zero attached hydrogens (tertiary/aromatic N) is 2. The maximum absolute atomic E-state index is 12.7. The molecular formula is C14H19N3O2S. The van der Waals surface area contributed by atoms with Gasteiger partial charge in [0.05, 0.1) is 16.5 Å². The van der Waals surface area contributed by atoms with Gasteiger partial charge in [-0.15, -0.1) is 0 Å². The molecule has 1 heterocycles. The highest BCUT2D eigenvalue weighted by atomic mass is 32.2. The predicted molar refractivity (Wildman–Crippen MR) is 76.7 cm³/mol. The molecule has 1 aliphatic rings. The minimum absolute atomic E-state index is 0.0929. The highest BCUT2D eigenvalue weighted by Crippen LogP contribution is 2.23. The summed E-state index contributed by atoms with van der Waals surface area (Å²) in [6.45, 7) is 6.76. The first-order chi connectivity index (χ1) is 9.37. The minimum atomic E-state index is -3.51. The molecule has 20 heavy (non-hydrogen) atoms. The van der Waals surface area contributed by atoms with E-state index in [1.54, 1.807) is 19.1 Å². The summed E-state index contributed by atoms with van der Waals surface area (Å²) in [7, 11) is -3.51. The molecule has 0 spiro atoms. The van der Waals surface area contributed by atoms with Gasteiger partial charge in [-0.2, -0.15) is 9.57 Å². The van der Waals surface area contributed by atoms with Crippen LogP contribution >= 0.6 is 0 Å². The fraction of sp³-hybridized carbons (Fsp3) is 0.500. The van der Waals surface area contributed by atoms with E-state index in [0.29, 0.717) is 24.2 Å². The molecule has 1 saturated heterocycles. The summed E-state index contributed by atoms with van der Waals surface area (Å²) < 4.78 is 27.0. The van der Waals surface area contributed by atoms with Gasteiger partial charge in [-0.3, -0.25) is 0 Å². The zero-order valence-electron chi connectivity index (χ0n) is 11.9. The van der Waals surface area contributed by atoms with Crippen LogP contribution in [-0.4, -0.2) is 37.9 Å². The van der Waals surface area contributed by atoms with Gasteiger partial charge in [-0.1, -0.05) is 0 Å². The Morgan fingerprint density at radius 2 is 2.10 bits per heavy atom. The Morgan fingerprint density at radius 1 is 1.40 bits per heavy atom. The van der Waals surface area contributed by atoms with Crippen molar-refractivity contribution in [2.24, 2.45) is 0 Å². The maximum atomic E-state index is 12.7. The molecule has 6 heteroatoms. The lowest BCUT2D eigenvalue weighted by molar-refractivity contribution is 0.233. The fourth-order valence-corrected chi connectivity index (χ4v) is 4.21. The Kier molecular flexibility index (Phi) is 4.14. The van der Waals surface area contributed by atoms with Crippen molar-refractivity contribution in [2.45, 2.75) is 37.8 Å². The summed E-state index contributed by atoms with van der Waals surface area (Å²) in [4.78, 5) is 0.259. The first-order valence-electron chi connectivity index (χ1n) is 6.64. The molecule has 0 bridgehead atoms. The van der Waals surface area contributed by atoms with Crippen LogP contribution in [0.15, 0.2) is 23.1 Å². The van der Waals surface area contributed by atoms with Crippen LogP contribution in [0.25, 0.3) is 0 Å². The van der Waals surface area contributed by atoms with Crippen molar-refractivity contribution in [1.29, 1.82) is 5.26 Å². The summed E-state index contributed by atoms with van der Waals surface area (Å²) in [5, 5.41) is 12.2. The van der Waals surface area contributed by atoms with Gasteiger partial charge in [0.1, 0.15) is 0 Å². The van der Waals surface area contributed by atoms with Crippen molar-refractivity contribution in [3.63, 3.8) is 0 Å². The monoisotopic (exact) mass is 293 g/mol. The largest absolute Gasteiger partial charge is 0.311 e. The Bertz CT molecular complexity index is 649. The summed E-state index contributed by atoms with van der Waals surface area (Å²) in [5.41, 5.74) is 1.19. The molecule has 0 amide bonds. The second kappa shape index (κ2) is 5.52. The topological polar surface area (TPSA) is 73.2 Å². The number of hydrogen-bond acceptors (Lipinski definition) is 4. The zero-order valence-corrected chi connectivity index (χ0v) is 12.7. The molecule has 0 aliphatic carbocycles. The summed E-state index contributed by atoms with van der Waals surface area (Å²) >= 11 is 0. The van der Waals surface area contributed by atoms with Gasteiger partial charge in [0, 0.05) is 25.2 Å². The lowest BCUT2D eigenvalue weighted by atomic mass is 10.1. The number of piperazine rings is 1. The van der Waals surface area contributed by atoms with E-state index in [-0.39, 0.29) is 17.0 Å². The third-order valence-electron chi connectivity index (χ3n) is 3.90. The molecule has 0 aromatic heterocycles. The van der Waals surface area contributed by atoms with Crippen LogP contribution in [0.2, 0.25) is 0 Å². The van der Waals surface area contributed by atoms with Crippen LogP contribution in [-0.2, 0) is 10.0 Å². The van der Waals surface area contributed by atoms with E-state index in [4.69, 9.17) is 5.26 Å². The van der Waals surface area contributed by atoms with Crippen molar-refractivity contribution in [3.05, 3.63) is 29.3 Å². The predicted octanol–water partition coefficient (Wildman–Crippen LogP) is 1.24. The molecule has 1 aromatic carbocycles. The second-order valence-corrected chi connectivity index (χ2v) is 7.08. The van der Waals surface area contributed by atoms with Crippen molar-refractivity contribution in [2.75, 3.05) is 13.1 Å². The second-order valence-electron chi connectivity index (χ2n) is 5.19. The molecule has 0 saturated carbocycles. The van der Waals surface area contributed by atoms with E-state index in [9.17, 15) is 8.42 Å². The van der Waals surface area contributed by atoms with Crippen molar-refractivity contribution < 1.29 is 8.42 Å². The van der Waals surface area contributed by atoms with Gasteiger partial charge in [0.15, 0.2) is 0 Å². The van der Waals surface area contributed by atoms with Crippen LogP contribution in [0.5, 0.6) is 0 Å². The lowest BCUT2D eigenvalue weighted by Crippen LogP contribution is -2.57. The molecule has 2 unspecified atom stereocenters. The molecule has 5 nitrogen and oxygen atoms in total. The number of sulfonamides is 1. The van der Waals surface area contributed by atoms with Crippen LogP contribution in [0, 0.1) is 18.3 Å². The molecule has 0 radical (unpaired) electrons. The first-order valence-corrected chi connectivity index (χ1v) is 8.08. The van der Waals surface area contributed by atoms with Crippen LogP contribution in [0.1, 0.15) is 25.0 Å². The number of aryl methyl sites for hydroxylation is 1. The average molecular weight is 293 g/mol. The quantitative estimate of drug-likeness (QED) is 0.890. The highest BCUT2D eigenvalue weighted by Gasteiger charge is 2.34. The molecule has 108 valence electrons. The van der Waals surface area contributed by atoms with Crippen molar-refractivity contribution >= 4 is 10.0 Å². The summed E-state index contributed by atoms with van der Waals surface area (Å²) in [6, 6.07) is 6.74. The number of benzene rings is 1. The van der Waals surface area contributed by atoms with Crippen LogP contribution in [0.4, 0.5) is 0 Å². The van der Waals surface area contributed by atoms with E-state index >= 15 is 0 Å². The smallest absolute Gasteiger partial charge is 0.243 e. The zero-order chi connectivity index (χ0) is 14.9. The normalized spacial score (nSPS) is 24.3. The first kappa shape index (κ1) is 15.0. The maximum Gasteiger partial charge on any atom is 0.243 e. The third-order valence-corrected chi connectivity index (χ3v) is 5.88. The third kappa shape index (κ3) is 2.57. The average Bonchev–Trinajstić information content (AvgIpc) is 2.41. The molecular weight excluding hydrogens is 274 g/mol. The van der Waals surface area contributed by atoms with Gasteiger partial charge < -0.3 is 5.32 Å². The number of nitrogens with one attached hydrogen (secondary N) is 1. The van der Waals surface area contributed by atoms with Gasteiger partial charge >= 0.3 is 0 Å². The SMILES string of the molecule is Cc1cc(S(=O)(=O)N2CCNC(C)C2C)ccc1C#N. The van der Waals surface area contributed by atoms with E-state index in [2.05, 4.69) is 11.4 Å². The van der Waals surface area contributed by atoms with E-state index in [1.807, 2.05) is 13.8 Å². The molecule has 1 aliphatic heterocycles. The highest BCUT2D eigenvalue weighted by molar-refractivity contribution is 7.89. The summed E-state index contributed by atoms with van der Waals surface area (Å²) in [5.74, 6) is 0. The van der Waals surface area contributed by atoms with Crippen LogP contribution in [0.3, 0.4) is 0 Å². The molecule has 1 N–H and O–H groups in total. The Hall–Kier alpha value is -1.42. The molecule has 2 atom stereocenters. The number of hydrogen-bond donors (Lipinski definition) is 1. The number of nitriles is 1. The minimum Gasteiger partial charge on any atom is -0.311 e. The van der Waals surface area contributed by atoms with Gasteiger partial charge in [-0.25, -0.2) is 8.42 Å². The van der Waals surface area contributed by atoms with Crippen molar-refractivity contribution in [3.8, 4) is 6.07 Å². The number of rotatable bonds is 2. The Labute approximate surface area is 120 Å². The fourth-order valence-electron chi connectivity index (χ4n) is 2.42. The standard InChI is InChI=1S/C14H19N3O2S/c1-10-8-14(5-4-13(10)9-15)20(18,19)17-7-6-16-11(2)12(17)3/h4-5,8,11-12,16H,6-7H2,1-3H3. The molecule has 2 rings (SSSR count). The van der Waals surface area contributed by atoms with Gasteiger partial charge in [0.2, 0.25) is 10.0 Å². The van der Waals surface area contributed by atoms with Crippen LogP contribution < -0.4 is 5.32 Å². The van der Waals surface area contributed by atoms with Gasteiger partial charge in [0.25, 0.3) is 0 Å². The van der Waals surface area contributed by atoms with E-state index in [1.165, 1.54) is 10.4 Å². The summed E-state index contributed by atoms with van der Waals surface area (Å²) in [6.07, 6.45) is 0.